The number of ether oxygens (including phenoxy) is 1. The molecule has 4 heteroatoms. The summed E-state index contributed by atoms with van der Waals surface area (Å²) in [4.78, 5) is 4.64. The molecule has 2 N–H and O–H groups in total. The van der Waals surface area contributed by atoms with Crippen LogP contribution in [0.3, 0.4) is 0 Å². The van der Waals surface area contributed by atoms with Crippen molar-refractivity contribution in [2.24, 2.45) is 0 Å². The fraction of sp³-hybridized carbons (Fsp3) is 0.357. The highest BCUT2D eigenvalue weighted by atomic mass is 32.1. The quantitative estimate of drug-likeness (QED) is 0.832. The zero-order valence-corrected chi connectivity index (χ0v) is 11.5. The zero-order valence-electron chi connectivity index (χ0n) is 10.7. The van der Waals surface area contributed by atoms with E-state index in [4.69, 9.17) is 10.5 Å². The Balaban J connectivity index is 2.28. The van der Waals surface area contributed by atoms with Crippen LogP contribution >= 0.6 is 11.3 Å². The number of benzene rings is 1. The molecule has 1 atom stereocenters. The second-order valence-corrected chi connectivity index (χ2v) is 4.90. The molecule has 2 aromatic rings. The van der Waals surface area contributed by atoms with Gasteiger partial charge in [-0.05, 0) is 19.4 Å². The lowest BCUT2D eigenvalue weighted by Crippen LogP contribution is -2.02. The summed E-state index contributed by atoms with van der Waals surface area (Å²) in [5.41, 5.74) is 8.65. The molecule has 1 aromatic carbocycles. The van der Waals surface area contributed by atoms with Crippen molar-refractivity contribution < 1.29 is 4.74 Å². The van der Waals surface area contributed by atoms with Gasteiger partial charge in [0.2, 0.25) is 0 Å². The Morgan fingerprint density at radius 2 is 2.11 bits per heavy atom. The van der Waals surface area contributed by atoms with Gasteiger partial charge in [-0.1, -0.05) is 25.1 Å². The number of nitrogen functional groups attached to an aromatic ring is 1. The first-order valence-electron chi connectivity index (χ1n) is 6.18. The maximum Gasteiger partial charge on any atom is 0.122 e. The molecule has 0 bridgehead atoms. The van der Waals surface area contributed by atoms with Crippen LogP contribution in [-0.2, 0) is 4.74 Å². The van der Waals surface area contributed by atoms with Crippen LogP contribution in [0.25, 0.3) is 11.3 Å². The van der Waals surface area contributed by atoms with E-state index >= 15 is 0 Å². The average molecular weight is 262 g/mol. The lowest BCUT2D eigenvalue weighted by Gasteiger charge is -2.11. The molecule has 1 unspecified atom stereocenters. The number of nitrogens with two attached hydrogens (primary N) is 1. The molecule has 0 saturated heterocycles. The Hall–Kier alpha value is -1.39. The van der Waals surface area contributed by atoms with E-state index < -0.39 is 0 Å². The summed E-state index contributed by atoms with van der Waals surface area (Å²) in [6.45, 7) is 4.82. The van der Waals surface area contributed by atoms with Gasteiger partial charge in [0.1, 0.15) is 11.1 Å². The number of hydrogen-bond donors (Lipinski definition) is 1. The van der Waals surface area contributed by atoms with Gasteiger partial charge in [0.05, 0.1) is 5.69 Å². The topological polar surface area (TPSA) is 48.1 Å². The van der Waals surface area contributed by atoms with Crippen LogP contribution < -0.4 is 5.73 Å². The number of para-hydroxylation sites is 1. The van der Waals surface area contributed by atoms with Gasteiger partial charge in [0.25, 0.3) is 0 Å². The van der Waals surface area contributed by atoms with Crippen LogP contribution in [0.15, 0.2) is 29.6 Å². The first-order valence-corrected chi connectivity index (χ1v) is 7.06. The first kappa shape index (κ1) is 13.1. The van der Waals surface area contributed by atoms with Gasteiger partial charge in [-0.3, -0.25) is 0 Å². The number of nitrogens with zero attached hydrogens (tertiary/aromatic N) is 1. The predicted octanol–water partition coefficient (Wildman–Crippen LogP) is 3.88. The van der Waals surface area contributed by atoms with E-state index in [0.29, 0.717) is 6.61 Å². The van der Waals surface area contributed by atoms with Crippen LogP contribution in [0.5, 0.6) is 0 Å². The fourth-order valence-corrected chi connectivity index (χ4v) is 2.80. The molecule has 0 aliphatic rings. The third-order valence-electron chi connectivity index (χ3n) is 2.77. The smallest absolute Gasteiger partial charge is 0.122 e. The second-order valence-electron chi connectivity index (χ2n) is 4.01. The van der Waals surface area contributed by atoms with Gasteiger partial charge in [0, 0.05) is 23.2 Å². The summed E-state index contributed by atoms with van der Waals surface area (Å²) in [5, 5.41) is 3.07. The Labute approximate surface area is 112 Å². The van der Waals surface area contributed by atoms with Crippen molar-refractivity contribution in [2.45, 2.75) is 26.4 Å². The van der Waals surface area contributed by atoms with Gasteiger partial charge >= 0.3 is 0 Å². The van der Waals surface area contributed by atoms with Gasteiger partial charge < -0.3 is 10.5 Å². The van der Waals surface area contributed by atoms with E-state index in [-0.39, 0.29) is 6.10 Å². The largest absolute Gasteiger partial charge is 0.398 e. The summed E-state index contributed by atoms with van der Waals surface area (Å²) >= 11 is 1.63. The summed E-state index contributed by atoms with van der Waals surface area (Å²) < 4.78 is 5.67. The van der Waals surface area contributed by atoms with Crippen LogP contribution in [0, 0.1) is 0 Å². The molecule has 0 aliphatic carbocycles. The molecule has 0 fully saturated rings. The molecule has 1 aromatic heterocycles. The van der Waals surface area contributed by atoms with Gasteiger partial charge in [0.15, 0.2) is 0 Å². The van der Waals surface area contributed by atoms with Crippen molar-refractivity contribution in [1.29, 1.82) is 0 Å². The maximum atomic E-state index is 5.96. The highest BCUT2D eigenvalue weighted by Gasteiger charge is 2.15. The van der Waals surface area contributed by atoms with E-state index in [2.05, 4.69) is 11.9 Å². The molecule has 0 aliphatic heterocycles. The van der Waals surface area contributed by atoms with Gasteiger partial charge in [-0.15, -0.1) is 11.3 Å². The maximum absolute atomic E-state index is 5.96. The molecule has 0 amide bonds. The van der Waals surface area contributed by atoms with Crippen molar-refractivity contribution in [2.75, 3.05) is 12.3 Å². The van der Waals surface area contributed by atoms with Crippen LogP contribution in [0.1, 0.15) is 31.4 Å². The van der Waals surface area contributed by atoms with E-state index in [1.165, 1.54) is 0 Å². The van der Waals surface area contributed by atoms with Gasteiger partial charge in [-0.2, -0.15) is 0 Å². The number of hydrogen-bond acceptors (Lipinski definition) is 4. The lowest BCUT2D eigenvalue weighted by molar-refractivity contribution is 0.0597. The number of anilines is 1. The van der Waals surface area contributed by atoms with Crippen LogP contribution in [0.2, 0.25) is 0 Å². The summed E-state index contributed by atoms with van der Waals surface area (Å²) in [5.74, 6) is 0. The minimum atomic E-state index is 0.0960. The van der Waals surface area contributed by atoms with E-state index in [0.717, 1.165) is 28.4 Å². The third kappa shape index (κ3) is 2.71. The molecule has 18 heavy (non-hydrogen) atoms. The molecule has 0 radical (unpaired) electrons. The van der Waals surface area contributed by atoms with Crippen molar-refractivity contribution in [3.63, 3.8) is 0 Å². The third-order valence-corrected chi connectivity index (χ3v) is 3.71. The monoisotopic (exact) mass is 262 g/mol. The second kappa shape index (κ2) is 5.98. The molecule has 3 nitrogen and oxygen atoms in total. The number of aromatic nitrogens is 1. The van der Waals surface area contributed by atoms with Crippen molar-refractivity contribution in [3.8, 4) is 11.3 Å². The molecule has 0 saturated carbocycles. The Kier molecular flexibility index (Phi) is 4.33. The van der Waals surface area contributed by atoms with E-state index in [1.807, 2.05) is 36.6 Å². The van der Waals surface area contributed by atoms with E-state index in [9.17, 15) is 0 Å². The number of thiazole rings is 1. The highest BCUT2D eigenvalue weighted by Crippen LogP contribution is 2.31. The summed E-state index contributed by atoms with van der Waals surface area (Å²) in [6, 6.07) is 7.80. The normalized spacial score (nSPS) is 12.6. The predicted molar refractivity (Wildman–Crippen MR) is 76.6 cm³/mol. The van der Waals surface area contributed by atoms with E-state index in [1.54, 1.807) is 11.3 Å². The minimum absolute atomic E-state index is 0.0960. The summed E-state index contributed by atoms with van der Waals surface area (Å²) in [6.07, 6.45) is 1.03. The zero-order chi connectivity index (χ0) is 13.0. The fourth-order valence-electron chi connectivity index (χ4n) is 1.85. The first-order chi connectivity index (χ1) is 8.76. The van der Waals surface area contributed by atoms with Crippen LogP contribution in [0.4, 0.5) is 5.69 Å². The van der Waals surface area contributed by atoms with Crippen LogP contribution in [-0.4, -0.2) is 11.6 Å². The molecule has 0 spiro atoms. The Morgan fingerprint density at radius 3 is 2.78 bits per heavy atom. The molecular weight excluding hydrogens is 244 g/mol. The molecule has 1 heterocycles. The molecule has 2 rings (SSSR count). The van der Waals surface area contributed by atoms with Gasteiger partial charge in [-0.25, -0.2) is 4.98 Å². The standard InChI is InChI=1S/C14H18N2OS/c1-3-13(17-4-2)14-16-12(9-18-14)10-7-5-6-8-11(10)15/h5-9,13H,3-4,15H2,1-2H3. The molecular formula is C14H18N2OS. The highest BCUT2D eigenvalue weighted by molar-refractivity contribution is 7.10. The Morgan fingerprint density at radius 1 is 1.33 bits per heavy atom. The molecule has 96 valence electrons. The minimum Gasteiger partial charge on any atom is -0.398 e. The SMILES string of the molecule is CCOC(CC)c1nc(-c2ccccc2N)cs1. The average Bonchev–Trinajstić information content (AvgIpc) is 2.85. The van der Waals surface area contributed by atoms with Crippen molar-refractivity contribution >= 4 is 17.0 Å². The number of rotatable bonds is 5. The van der Waals surface area contributed by atoms with Crippen molar-refractivity contribution in [1.82, 2.24) is 4.98 Å². The summed E-state index contributed by atoms with van der Waals surface area (Å²) in [7, 11) is 0. The Bertz CT molecular complexity index is 510. The van der Waals surface area contributed by atoms with Crippen molar-refractivity contribution in [3.05, 3.63) is 34.7 Å². The lowest BCUT2D eigenvalue weighted by atomic mass is 10.1.